The lowest BCUT2D eigenvalue weighted by atomic mass is 9.43. The van der Waals surface area contributed by atoms with Crippen LogP contribution in [0.1, 0.15) is 79.6 Å². The highest BCUT2D eigenvalue weighted by Crippen LogP contribution is 2.72. The van der Waals surface area contributed by atoms with Gasteiger partial charge in [0.1, 0.15) is 6.10 Å². The summed E-state index contributed by atoms with van der Waals surface area (Å²) in [7, 11) is 1.54. The van der Waals surface area contributed by atoms with Crippen LogP contribution in [0.2, 0.25) is 0 Å². The first kappa shape index (κ1) is 28.3. The van der Waals surface area contributed by atoms with Crippen molar-refractivity contribution >= 4 is 5.97 Å². The molecular formula is C31H48O7. The molecule has 38 heavy (non-hydrogen) atoms. The summed E-state index contributed by atoms with van der Waals surface area (Å²) in [5.41, 5.74) is 1.54. The van der Waals surface area contributed by atoms with Crippen LogP contribution in [0.5, 0.6) is 0 Å². The number of fused-ring (bicyclic) bond motifs is 5. The maximum Gasteiger partial charge on any atom is 0.336 e. The van der Waals surface area contributed by atoms with Gasteiger partial charge in [-0.05, 0) is 90.9 Å². The lowest BCUT2D eigenvalue weighted by molar-refractivity contribution is -0.195. The highest BCUT2D eigenvalue weighted by molar-refractivity contribution is 5.91. The van der Waals surface area contributed by atoms with E-state index in [0.29, 0.717) is 24.7 Å². The summed E-state index contributed by atoms with van der Waals surface area (Å²) in [6.07, 6.45) is 5.61. The number of allylic oxidation sites excluding steroid dienone is 2. The molecule has 0 radical (unpaired) electrons. The highest BCUT2D eigenvalue weighted by Gasteiger charge is 2.66. The molecule has 0 aromatic carbocycles. The van der Waals surface area contributed by atoms with E-state index in [4.69, 9.17) is 9.47 Å². The van der Waals surface area contributed by atoms with Gasteiger partial charge in [0.25, 0.3) is 0 Å². The van der Waals surface area contributed by atoms with Gasteiger partial charge in [-0.15, -0.1) is 0 Å². The van der Waals surface area contributed by atoms with E-state index in [-0.39, 0.29) is 28.6 Å². The number of ether oxygens (including phenoxy) is 2. The number of aliphatic hydroxyl groups is 4. The second-order valence-corrected chi connectivity index (χ2v) is 14.0. The van der Waals surface area contributed by atoms with Crippen LogP contribution >= 0.6 is 0 Å². The molecule has 1 aliphatic heterocycles. The van der Waals surface area contributed by atoms with Crippen LogP contribution in [-0.2, 0) is 14.3 Å². The number of rotatable bonds is 6. The number of esters is 1. The van der Waals surface area contributed by atoms with E-state index in [1.54, 1.807) is 13.2 Å². The van der Waals surface area contributed by atoms with Crippen LogP contribution in [0.15, 0.2) is 23.3 Å². The van der Waals surface area contributed by atoms with E-state index < -0.39 is 42.0 Å². The lowest BCUT2D eigenvalue weighted by Crippen LogP contribution is -2.64. The third-order valence-electron chi connectivity index (χ3n) is 12.3. The van der Waals surface area contributed by atoms with Crippen LogP contribution in [-0.4, -0.2) is 64.2 Å². The van der Waals surface area contributed by atoms with Gasteiger partial charge >= 0.3 is 5.97 Å². The van der Waals surface area contributed by atoms with E-state index in [9.17, 15) is 25.2 Å². The van der Waals surface area contributed by atoms with Gasteiger partial charge in [-0.2, -0.15) is 0 Å². The van der Waals surface area contributed by atoms with Gasteiger partial charge in [0.2, 0.25) is 6.29 Å². The minimum atomic E-state index is -1.22. The van der Waals surface area contributed by atoms with E-state index in [0.717, 1.165) is 37.7 Å². The van der Waals surface area contributed by atoms with Crippen molar-refractivity contribution in [3.05, 3.63) is 23.3 Å². The van der Waals surface area contributed by atoms with Crippen molar-refractivity contribution < 1.29 is 34.7 Å². The number of carbonyl (C=O) groups excluding carboxylic acids is 1. The average molecular weight is 533 g/mol. The summed E-state index contributed by atoms with van der Waals surface area (Å²) < 4.78 is 10.4. The van der Waals surface area contributed by atoms with Crippen LogP contribution in [0.25, 0.3) is 0 Å². The molecule has 13 atom stereocenters. The van der Waals surface area contributed by atoms with Gasteiger partial charge in [0.15, 0.2) is 0 Å². The number of aliphatic hydroxyl groups excluding tert-OH is 4. The van der Waals surface area contributed by atoms with Crippen LogP contribution in [0, 0.1) is 45.8 Å². The third kappa shape index (κ3) is 3.98. The minimum Gasteiger partial charge on any atom is -0.429 e. The van der Waals surface area contributed by atoms with E-state index in [2.05, 4.69) is 40.7 Å². The second-order valence-electron chi connectivity index (χ2n) is 14.0. The standard InChI is InChI=1S/C31H48O7/c1-16(18-13-24(37-6)38-28(18)36)7-8-17(2)19-9-11-31(5)21-14-22(32)25-27(35)26(34)23(33)15-29(25,3)20(21)10-12-30(19,31)4/h10,13,16-17,19,21-27,32-35H,7-9,11-12,14-15H2,1-6H3/t16?,17-,19-,21-,22+,23+,24?,25+,26-,27-,29-,30-,31+/m1/s1. The number of methoxy groups -OCH3 is 1. The van der Waals surface area contributed by atoms with Crippen molar-refractivity contribution in [2.45, 2.75) is 110 Å². The van der Waals surface area contributed by atoms with E-state index in [1.807, 2.05) is 0 Å². The molecule has 5 rings (SSSR count). The first-order valence-electron chi connectivity index (χ1n) is 14.7. The Kier molecular flexibility index (Phi) is 7.21. The van der Waals surface area contributed by atoms with Crippen LogP contribution in [0.4, 0.5) is 0 Å². The lowest BCUT2D eigenvalue weighted by Gasteiger charge is -2.63. The van der Waals surface area contributed by atoms with Crippen molar-refractivity contribution in [1.29, 1.82) is 0 Å². The molecule has 0 amide bonds. The summed E-state index contributed by atoms with van der Waals surface area (Å²) in [5.74, 6) is 0.585. The molecule has 214 valence electrons. The Morgan fingerprint density at radius 1 is 1.05 bits per heavy atom. The quantitative estimate of drug-likeness (QED) is 0.304. The molecule has 7 heteroatoms. The van der Waals surface area contributed by atoms with Crippen LogP contribution in [0.3, 0.4) is 0 Å². The molecule has 0 bridgehead atoms. The normalized spacial score (nSPS) is 49.8. The Labute approximate surface area is 227 Å². The predicted octanol–water partition coefficient (Wildman–Crippen LogP) is 3.74. The molecule has 2 unspecified atom stereocenters. The second kappa shape index (κ2) is 9.69. The van der Waals surface area contributed by atoms with Gasteiger partial charge in [-0.3, -0.25) is 0 Å². The fourth-order valence-corrected chi connectivity index (χ4v) is 9.81. The molecule has 4 N–H and O–H groups in total. The monoisotopic (exact) mass is 532 g/mol. The zero-order chi connectivity index (χ0) is 27.8. The topological polar surface area (TPSA) is 116 Å². The SMILES string of the molecule is COC1C=C(C(C)CC[C@@H](C)[C@H]2CC[C@@]3(C)[C@@H]4C[C@H](O)[C@H]5[C@@H](O)[C@H](O)[C@@H](O)C[C@]5(C)C4=CC[C@]23C)C(=O)O1. The maximum absolute atomic E-state index is 12.3. The number of carbonyl (C=O) groups is 1. The smallest absolute Gasteiger partial charge is 0.336 e. The Bertz CT molecular complexity index is 1010. The Balaban J connectivity index is 1.36. The molecule has 3 saturated carbocycles. The van der Waals surface area contributed by atoms with E-state index in [1.165, 1.54) is 5.57 Å². The minimum absolute atomic E-state index is 0.00598. The fourth-order valence-electron chi connectivity index (χ4n) is 9.81. The molecule has 5 aliphatic rings. The summed E-state index contributed by atoms with van der Waals surface area (Å²) in [4.78, 5) is 12.3. The van der Waals surface area contributed by atoms with Crippen molar-refractivity contribution in [1.82, 2.24) is 0 Å². The fraction of sp³-hybridized carbons (Fsp3) is 0.839. The Morgan fingerprint density at radius 2 is 1.76 bits per heavy atom. The molecule has 3 fully saturated rings. The van der Waals surface area contributed by atoms with Crippen molar-refractivity contribution in [3.63, 3.8) is 0 Å². The average Bonchev–Trinajstić information content (AvgIpc) is 3.37. The molecular weight excluding hydrogens is 484 g/mol. The van der Waals surface area contributed by atoms with Gasteiger partial charge in [0, 0.05) is 18.6 Å². The molecule has 7 nitrogen and oxygen atoms in total. The maximum atomic E-state index is 12.3. The summed E-state index contributed by atoms with van der Waals surface area (Å²) in [5, 5.41) is 43.2. The molecule has 1 heterocycles. The van der Waals surface area contributed by atoms with E-state index >= 15 is 0 Å². The molecule has 0 spiro atoms. The van der Waals surface area contributed by atoms with Gasteiger partial charge in [0.05, 0.1) is 18.3 Å². The molecule has 0 saturated heterocycles. The summed E-state index contributed by atoms with van der Waals surface area (Å²) in [6, 6.07) is 0. The van der Waals surface area contributed by atoms with Crippen molar-refractivity contribution in [2.75, 3.05) is 7.11 Å². The Hall–Kier alpha value is -1.25. The number of hydrogen-bond acceptors (Lipinski definition) is 7. The first-order chi connectivity index (χ1) is 17.8. The summed E-state index contributed by atoms with van der Waals surface area (Å²) in [6.45, 7) is 11.4. The van der Waals surface area contributed by atoms with Gasteiger partial charge in [-0.25, -0.2) is 4.79 Å². The third-order valence-corrected chi connectivity index (χ3v) is 12.3. The molecule has 0 aromatic rings. The predicted molar refractivity (Wildman–Crippen MR) is 143 cm³/mol. The van der Waals surface area contributed by atoms with Crippen molar-refractivity contribution in [3.8, 4) is 0 Å². The largest absolute Gasteiger partial charge is 0.429 e. The zero-order valence-corrected chi connectivity index (χ0v) is 23.9. The number of hydrogen-bond donors (Lipinski definition) is 4. The van der Waals surface area contributed by atoms with Crippen molar-refractivity contribution in [2.24, 2.45) is 45.8 Å². The molecule has 4 aliphatic carbocycles. The zero-order valence-electron chi connectivity index (χ0n) is 23.9. The van der Waals surface area contributed by atoms with Gasteiger partial charge in [-0.1, -0.05) is 46.3 Å². The van der Waals surface area contributed by atoms with Gasteiger partial charge < -0.3 is 29.9 Å². The van der Waals surface area contributed by atoms with Crippen LogP contribution < -0.4 is 0 Å². The summed E-state index contributed by atoms with van der Waals surface area (Å²) >= 11 is 0. The Morgan fingerprint density at radius 3 is 2.42 bits per heavy atom. The highest BCUT2D eigenvalue weighted by atomic mass is 16.7. The first-order valence-corrected chi connectivity index (χ1v) is 14.7. The number of cyclic esters (lactones) is 1. The molecule has 0 aromatic heterocycles.